The number of esters is 3. The number of rotatable bonds is 54. The van der Waals surface area contributed by atoms with Crippen LogP contribution in [0.25, 0.3) is 0 Å². The standard InChI is InChI=1S/C62H107O11P/c1-4-7-10-13-16-19-22-25-27-29-31-34-37-40-43-46-49-52-61(65)72-58(54-63)56-70-74(67,68)71-57-59(55-69-60(64)51-48-45-42-39-36-33-24-21-18-15-12-9-6-3)73-62(66)53-50-47-44-41-38-35-32-30-28-26-23-20-17-14-11-8-5-2/h8,11-12,15-17,19-21,24-28,58-59,63H,4-7,9-10,13-14,18,22-23,29-57H2,1-3H3,(H,67,68)/b11-8-,15-12-,19-16-,20-17-,24-21-,27-25-,28-26-. The van der Waals surface area contributed by atoms with Crippen molar-refractivity contribution in [2.24, 2.45) is 0 Å². The summed E-state index contributed by atoms with van der Waals surface area (Å²) < 4.78 is 39.5. The number of aliphatic hydroxyl groups is 1. The van der Waals surface area contributed by atoms with Gasteiger partial charge in [0.25, 0.3) is 0 Å². The molecule has 0 aromatic heterocycles. The minimum Gasteiger partial charge on any atom is -0.462 e. The van der Waals surface area contributed by atoms with Crippen LogP contribution in [0.3, 0.4) is 0 Å². The molecule has 0 aliphatic carbocycles. The molecule has 0 heterocycles. The molecule has 2 N–H and O–H groups in total. The fraction of sp³-hybridized carbons (Fsp3) is 0.726. The number of phosphoric acid groups is 1. The molecular formula is C62H107O11P. The Morgan fingerprint density at radius 2 is 0.730 bits per heavy atom. The van der Waals surface area contributed by atoms with Gasteiger partial charge in [0.05, 0.1) is 19.8 Å². The molecule has 0 bridgehead atoms. The van der Waals surface area contributed by atoms with Crippen molar-refractivity contribution in [3.05, 3.63) is 85.1 Å². The smallest absolute Gasteiger partial charge is 0.462 e. The molecule has 0 amide bonds. The van der Waals surface area contributed by atoms with E-state index in [0.29, 0.717) is 19.3 Å². The summed E-state index contributed by atoms with van der Waals surface area (Å²) in [6, 6.07) is 0. The third-order valence-corrected chi connectivity index (χ3v) is 13.2. The number of hydrogen-bond acceptors (Lipinski definition) is 10. The van der Waals surface area contributed by atoms with Gasteiger partial charge in [-0.3, -0.25) is 23.4 Å². The predicted molar refractivity (Wildman–Crippen MR) is 307 cm³/mol. The van der Waals surface area contributed by atoms with Gasteiger partial charge in [0, 0.05) is 19.3 Å². The minimum absolute atomic E-state index is 0.150. The van der Waals surface area contributed by atoms with Crippen molar-refractivity contribution in [1.29, 1.82) is 0 Å². The van der Waals surface area contributed by atoms with Crippen molar-refractivity contribution in [3.8, 4) is 0 Å². The number of hydrogen-bond donors (Lipinski definition) is 2. The van der Waals surface area contributed by atoms with Gasteiger partial charge in [-0.1, -0.05) is 209 Å². The second-order valence-electron chi connectivity index (χ2n) is 19.4. The van der Waals surface area contributed by atoms with E-state index >= 15 is 0 Å². The Hall–Kier alpha value is -3.34. The SMILES string of the molecule is CC/C=C\C/C=C\C/C=C\CCCCCCCCCC(=O)OC(COC(=O)CCCCCCC/C=C\C/C=C\CCC)COP(=O)(O)OCC(CO)OC(=O)CCCCCCCCC/C=C\C/C=C\CCCCC. The first-order valence-corrected chi connectivity index (χ1v) is 31.0. The van der Waals surface area contributed by atoms with Crippen molar-refractivity contribution >= 4 is 25.7 Å². The van der Waals surface area contributed by atoms with Gasteiger partial charge in [-0.2, -0.15) is 0 Å². The second kappa shape index (κ2) is 55.9. The fourth-order valence-electron chi connectivity index (χ4n) is 7.79. The molecule has 0 radical (unpaired) electrons. The summed E-state index contributed by atoms with van der Waals surface area (Å²) >= 11 is 0. The summed E-state index contributed by atoms with van der Waals surface area (Å²) in [5, 5.41) is 9.83. The Bertz CT molecular complexity index is 1560. The topological polar surface area (TPSA) is 155 Å². The maximum absolute atomic E-state index is 12.9. The van der Waals surface area contributed by atoms with Crippen LogP contribution in [0.1, 0.15) is 252 Å². The van der Waals surface area contributed by atoms with Crippen LogP contribution in [0, 0.1) is 0 Å². The molecular weight excluding hydrogens is 952 g/mol. The van der Waals surface area contributed by atoms with Crippen molar-refractivity contribution < 1.29 is 52.2 Å². The zero-order valence-electron chi connectivity index (χ0n) is 47.0. The van der Waals surface area contributed by atoms with Gasteiger partial charge >= 0.3 is 25.7 Å². The molecule has 3 atom stereocenters. The average molecular weight is 1060 g/mol. The lowest BCUT2D eigenvalue weighted by Gasteiger charge is -2.21. The summed E-state index contributed by atoms with van der Waals surface area (Å²) in [6.07, 6.45) is 63.9. The van der Waals surface area contributed by atoms with Crippen LogP contribution in [0.5, 0.6) is 0 Å². The van der Waals surface area contributed by atoms with E-state index < -0.39 is 57.8 Å². The maximum Gasteiger partial charge on any atom is 0.472 e. The molecule has 0 rings (SSSR count). The molecule has 12 heteroatoms. The third kappa shape index (κ3) is 53.5. The van der Waals surface area contributed by atoms with Crippen LogP contribution in [-0.2, 0) is 42.2 Å². The van der Waals surface area contributed by atoms with Gasteiger partial charge in [-0.15, -0.1) is 0 Å². The molecule has 3 unspecified atom stereocenters. The number of carbonyl (C=O) groups excluding carboxylic acids is 3. The molecule has 426 valence electrons. The van der Waals surface area contributed by atoms with Crippen molar-refractivity contribution in [2.45, 2.75) is 264 Å². The average Bonchev–Trinajstić information content (AvgIpc) is 3.39. The third-order valence-electron chi connectivity index (χ3n) is 12.3. The van der Waals surface area contributed by atoms with E-state index in [4.69, 9.17) is 23.3 Å². The monoisotopic (exact) mass is 1060 g/mol. The molecule has 0 saturated heterocycles. The van der Waals surface area contributed by atoms with Crippen LogP contribution in [-0.4, -0.2) is 66.5 Å². The summed E-state index contributed by atoms with van der Waals surface area (Å²) in [7, 11) is -4.76. The Kier molecular flexibility index (Phi) is 53.4. The van der Waals surface area contributed by atoms with Crippen LogP contribution < -0.4 is 0 Å². The molecule has 11 nitrogen and oxygen atoms in total. The van der Waals surface area contributed by atoms with Crippen molar-refractivity contribution in [2.75, 3.05) is 26.4 Å². The van der Waals surface area contributed by atoms with Gasteiger partial charge < -0.3 is 24.2 Å². The highest BCUT2D eigenvalue weighted by Crippen LogP contribution is 2.43. The molecule has 0 spiro atoms. The maximum atomic E-state index is 12.9. The first-order valence-electron chi connectivity index (χ1n) is 29.5. The van der Waals surface area contributed by atoms with Gasteiger partial charge in [0.2, 0.25) is 0 Å². The number of allylic oxidation sites excluding steroid dienone is 14. The summed E-state index contributed by atoms with van der Waals surface area (Å²) in [5.41, 5.74) is 0. The van der Waals surface area contributed by atoms with Gasteiger partial charge in [-0.05, 0) is 109 Å². The fourth-order valence-corrected chi connectivity index (χ4v) is 8.58. The zero-order chi connectivity index (χ0) is 54.1. The zero-order valence-corrected chi connectivity index (χ0v) is 47.9. The van der Waals surface area contributed by atoms with Crippen LogP contribution in [0.2, 0.25) is 0 Å². The Morgan fingerprint density at radius 3 is 1.14 bits per heavy atom. The Balaban J connectivity index is 4.72. The predicted octanol–water partition coefficient (Wildman–Crippen LogP) is 17.5. The van der Waals surface area contributed by atoms with Crippen molar-refractivity contribution in [1.82, 2.24) is 0 Å². The van der Waals surface area contributed by atoms with E-state index in [1.165, 1.54) is 51.4 Å². The number of unbranched alkanes of at least 4 members (excludes halogenated alkanes) is 23. The van der Waals surface area contributed by atoms with E-state index in [1.54, 1.807) is 0 Å². The largest absolute Gasteiger partial charge is 0.472 e. The molecule has 0 saturated carbocycles. The highest BCUT2D eigenvalue weighted by atomic mass is 31.2. The lowest BCUT2D eigenvalue weighted by atomic mass is 10.1. The van der Waals surface area contributed by atoms with E-state index in [0.717, 1.165) is 141 Å². The highest BCUT2D eigenvalue weighted by Gasteiger charge is 2.28. The lowest BCUT2D eigenvalue weighted by Crippen LogP contribution is -2.30. The normalized spacial score (nSPS) is 14.0. The molecule has 0 aliphatic rings. The van der Waals surface area contributed by atoms with E-state index in [2.05, 4.69) is 106 Å². The van der Waals surface area contributed by atoms with E-state index in [1.807, 2.05) is 0 Å². The molecule has 0 fully saturated rings. The lowest BCUT2D eigenvalue weighted by molar-refractivity contribution is -0.161. The number of carbonyl (C=O) groups is 3. The first kappa shape index (κ1) is 70.7. The number of phosphoric ester groups is 1. The quantitative estimate of drug-likeness (QED) is 0.0197. The van der Waals surface area contributed by atoms with E-state index in [9.17, 15) is 28.9 Å². The summed E-state index contributed by atoms with van der Waals surface area (Å²) in [4.78, 5) is 48.6. The Morgan fingerprint density at radius 1 is 0.392 bits per heavy atom. The van der Waals surface area contributed by atoms with E-state index in [-0.39, 0.29) is 25.9 Å². The molecule has 0 aromatic carbocycles. The molecule has 0 aromatic rings. The van der Waals surface area contributed by atoms with Crippen LogP contribution >= 0.6 is 7.82 Å². The highest BCUT2D eigenvalue weighted by molar-refractivity contribution is 7.47. The molecule has 0 aliphatic heterocycles. The Labute approximate surface area is 451 Å². The second-order valence-corrected chi connectivity index (χ2v) is 20.9. The van der Waals surface area contributed by atoms with Gasteiger partial charge in [-0.25, -0.2) is 4.57 Å². The summed E-state index contributed by atoms with van der Waals surface area (Å²) in [5.74, 6) is -1.50. The van der Waals surface area contributed by atoms with Crippen LogP contribution in [0.4, 0.5) is 0 Å². The first-order chi connectivity index (χ1) is 36.2. The minimum atomic E-state index is -4.76. The summed E-state index contributed by atoms with van der Waals surface area (Å²) in [6.45, 7) is 4.42. The van der Waals surface area contributed by atoms with Crippen molar-refractivity contribution in [3.63, 3.8) is 0 Å². The molecule has 74 heavy (non-hydrogen) atoms. The van der Waals surface area contributed by atoms with Crippen LogP contribution in [0.15, 0.2) is 85.1 Å². The number of ether oxygens (including phenoxy) is 3. The van der Waals surface area contributed by atoms with Gasteiger partial charge in [0.1, 0.15) is 12.7 Å². The number of aliphatic hydroxyl groups excluding tert-OH is 1. The van der Waals surface area contributed by atoms with Gasteiger partial charge in [0.15, 0.2) is 6.10 Å².